The van der Waals surface area contributed by atoms with Gasteiger partial charge < -0.3 is 5.32 Å². The fourth-order valence-electron chi connectivity index (χ4n) is 2.06. The predicted molar refractivity (Wildman–Crippen MR) is 76.8 cm³/mol. The maximum Gasteiger partial charge on any atom is 0.141 e. The highest BCUT2D eigenvalue weighted by Crippen LogP contribution is 2.24. The molecule has 0 fully saturated rings. The molecule has 0 amide bonds. The molecular weight excluding hydrogens is 239 g/mol. The van der Waals surface area contributed by atoms with Gasteiger partial charge in [-0.05, 0) is 49.6 Å². The Morgan fingerprint density at radius 1 is 1.21 bits per heavy atom. The Morgan fingerprint density at radius 3 is 2.63 bits per heavy atom. The molecule has 0 aliphatic heterocycles. The summed E-state index contributed by atoms with van der Waals surface area (Å²) in [5.74, 6) is -0.301. The van der Waals surface area contributed by atoms with Crippen molar-refractivity contribution in [2.24, 2.45) is 0 Å². The van der Waals surface area contributed by atoms with E-state index < -0.39 is 0 Å². The summed E-state index contributed by atoms with van der Waals surface area (Å²) < 4.78 is 12.9. The van der Waals surface area contributed by atoms with E-state index in [1.54, 1.807) is 6.07 Å². The number of benzene rings is 1. The minimum atomic E-state index is -0.301. The van der Waals surface area contributed by atoms with Crippen LogP contribution in [0, 0.1) is 19.7 Å². The van der Waals surface area contributed by atoms with Crippen LogP contribution in [0.3, 0.4) is 0 Å². The molecule has 0 saturated carbocycles. The number of rotatable bonds is 4. The Bertz CT molecular complexity index is 549. The van der Waals surface area contributed by atoms with Crippen LogP contribution >= 0.6 is 0 Å². The average Bonchev–Trinajstić information content (AvgIpc) is 2.41. The Balaban J connectivity index is 2.23. The van der Waals surface area contributed by atoms with Crippen molar-refractivity contribution in [3.63, 3.8) is 0 Å². The van der Waals surface area contributed by atoms with Gasteiger partial charge in [-0.15, -0.1) is 0 Å². The molecule has 0 aliphatic carbocycles. The van der Waals surface area contributed by atoms with Crippen LogP contribution in [0.1, 0.15) is 36.2 Å². The van der Waals surface area contributed by atoms with Gasteiger partial charge in [0.15, 0.2) is 0 Å². The lowest BCUT2D eigenvalue weighted by Crippen LogP contribution is -2.12. The van der Waals surface area contributed by atoms with Gasteiger partial charge in [-0.2, -0.15) is 0 Å². The van der Waals surface area contributed by atoms with Crippen molar-refractivity contribution in [2.75, 3.05) is 5.32 Å². The number of pyridine rings is 1. The standard InChI is InChI=1S/C16H19FN2/c1-4-14(15-8-7-13(17)10-18-15)19-16-9-11(2)5-6-12(16)3/h5-10,14,19H,4H2,1-3H3. The van der Waals surface area contributed by atoms with Crippen LogP contribution in [-0.2, 0) is 0 Å². The zero-order valence-electron chi connectivity index (χ0n) is 11.6. The summed E-state index contributed by atoms with van der Waals surface area (Å²) in [6.45, 7) is 6.24. The van der Waals surface area contributed by atoms with Gasteiger partial charge in [0.2, 0.25) is 0 Å². The first-order valence-corrected chi connectivity index (χ1v) is 6.55. The monoisotopic (exact) mass is 258 g/mol. The van der Waals surface area contributed by atoms with Crippen molar-refractivity contribution in [2.45, 2.75) is 33.2 Å². The summed E-state index contributed by atoms with van der Waals surface area (Å²) in [4.78, 5) is 4.16. The predicted octanol–water partition coefficient (Wildman–Crippen LogP) is 4.40. The quantitative estimate of drug-likeness (QED) is 0.879. The van der Waals surface area contributed by atoms with Crippen LogP contribution in [0.25, 0.3) is 0 Å². The van der Waals surface area contributed by atoms with E-state index in [9.17, 15) is 4.39 Å². The molecule has 2 aromatic rings. The highest BCUT2D eigenvalue weighted by Gasteiger charge is 2.11. The zero-order chi connectivity index (χ0) is 13.8. The SMILES string of the molecule is CCC(Nc1cc(C)ccc1C)c1ccc(F)cn1. The van der Waals surface area contributed by atoms with Gasteiger partial charge in [-0.1, -0.05) is 19.1 Å². The molecule has 2 rings (SSSR count). The molecule has 1 N–H and O–H groups in total. The molecule has 1 heterocycles. The van der Waals surface area contributed by atoms with Crippen molar-refractivity contribution in [1.82, 2.24) is 4.98 Å². The van der Waals surface area contributed by atoms with E-state index in [0.717, 1.165) is 17.8 Å². The van der Waals surface area contributed by atoms with Crippen LogP contribution in [0.4, 0.5) is 10.1 Å². The van der Waals surface area contributed by atoms with Crippen molar-refractivity contribution >= 4 is 5.69 Å². The topological polar surface area (TPSA) is 24.9 Å². The number of aryl methyl sites for hydroxylation is 2. The number of aromatic nitrogens is 1. The molecule has 2 nitrogen and oxygen atoms in total. The van der Waals surface area contributed by atoms with Gasteiger partial charge in [0.05, 0.1) is 17.9 Å². The maximum atomic E-state index is 12.9. The maximum absolute atomic E-state index is 12.9. The highest BCUT2D eigenvalue weighted by molar-refractivity contribution is 5.53. The van der Waals surface area contributed by atoms with E-state index in [-0.39, 0.29) is 11.9 Å². The molecule has 0 bridgehead atoms. The third-order valence-electron chi connectivity index (χ3n) is 3.24. The van der Waals surface area contributed by atoms with Crippen LogP contribution in [0.5, 0.6) is 0 Å². The number of nitrogens with zero attached hydrogens (tertiary/aromatic N) is 1. The summed E-state index contributed by atoms with van der Waals surface area (Å²) in [7, 11) is 0. The lowest BCUT2D eigenvalue weighted by atomic mass is 10.1. The van der Waals surface area contributed by atoms with Gasteiger partial charge in [-0.25, -0.2) is 4.39 Å². The zero-order valence-corrected chi connectivity index (χ0v) is 11.6. The average molecular weight is 258 g/mol. The van der Waals surface area contributed by atoms with E-state index in [1.165, 1.54) is 23.4 Å². The van der Waals surface area contributed by atoms with Gasteiger partial charge in [0.25, 0.3) is 0 Å². The number of hydrogen-bond acceptors (Lipinski definition) is 2. The lowest BCUT2D eigenvalue weighted by molar-refractivity contribution is 0.614. The second-order valence-corrected chi connectivity index (χ2v) is 4.82. The first-order chi connectivity index (χ1) is 9.10. The highest BCUT2D eigenvalue weighted by atomic mass is 19.1. The van der Waals surface area contributed by atoms with E-state index in [2.05, 4.69) is 49.3 Å². The van der Waals surface area contributed by atoms with Crippen LogP contribution in [-0.4, -0.2) is 4.98 Å². The summed E-state index contributed by atoms with van der Waals surface area (Å²) in [5, 5.41) is 3.49. The Morgan fingerprint density at radius 2 is 2.00 bits per heavy atom. The molecule has 0 aliphatic rings. The molecule has 100 valence electrons. The normalized spacial score (nSPS) is 12.2. The second-order valence-electron chi connectivity index (χ2n) is 4.82. The molecule has 0 radical (unpaired) electrons. The molecule has 0 saturated heterocycles. The summed E-state index contributed by atoms with van der Waals surface area (Å²) >= 11 is 0. The van der Waals surface area contributed by atoms with Crippen molar-refractivity contribution in [1.29, 1.82) is 0 Å². The molecule has 1 aromatic carbocycles. The molecule has 0 spiro atoms. The first-order valence-electron chi connectivity index (χ1n) is 6.55. The minimum Gasteiger partial charge on any atom is -0.376 e. The number of halogens is 1. The van der Waals surface area contributed by atoms with Crippen molar-refractivity contribution < 1.29 is 4.39 Å². The third kappa shape index (κ3) is 3.31. The number of hydrogen-bond donors (Lipinski definition) is 1. The number of anilines is 1. The Kier molecular flexibility index (Phi) is 4.15. The van der Waals surface area contributed by atoms with E-state index >= 15 is 0 Å². The summed E-state index contributed by atoms with van der Waals surface area (Å²) in [6.07, 6.45) is 2.16. The third-order valence-corrected chi connectivity index (χ3v) is 3.24. The van der Waals surface area contributed by atoms with Gasteiger partial charge >= 0.3 is 0 Å². The first kappa shape index (κ1) is 13.5. The minimum absolute atomic E-state index is 0.0982. The summed E-state index contributed by atoms with van der Waals surface area (Å²) in [5.41, 5.74) is 4.39. The molecule has 1 unspecified atom stereocenters. The molecule has 19 heavy (non-hydrogen) atoms. The molecule has 1 atom stereocenters. The molecular formula is C16H19FN2. The summed E-state index contributed by atoms with van der Waals surface area (Å²) in [6, 6.07) is 9.61. The number of nitrogens with one attached hydrogen (secondary N) is 1. The van der Waals surface area contributed by atoms with E-state index in [0.29, 0.717) is 0 Å². The van der Waals surface area contributed by atoms with Crippen LogP contribution in [0.2, 0.25) is 0 Å². The Labute approximate surface area is 113 Å². The Hall–Kier alpha value is -1.90. The van der Waals surface area contributed by atoms with Crippen LogP contribution in [0.15, 0.2) is 36.5 Å². The molecule has 3 heteroatoms. The van der Waals surface area contributed by atoms with Crippen molar-refractivity contribution in [3.8, 4) is 0 Å². The molecule has 1 aromatic heterocycles. The largest absolute Gasteiger partial charge is 0.376 e. The van der Waals surface area contributed by atoms with Gasteiger partial charge in [0.1, 0.15) is 5.82 Å². The van der Waals surface area contributed by atoms with E-state index in [4.69, 9.17) is 0 Å². The van der Waals surface area contributed by atoms with Crippen molar-refractivity contribution in [3.05, 3.63) is 59.2 Å². The fraction of sp³-hybridized carbons (Fsp3) is 0.312. The second kappa shape index (κ2) is 5.83. The van der Waals surface area contributed by atoms with Gasteiger partial charge in [-0.3, -0.25) is 4.98 Å². The smallest absolute Gasteiger partial charge is 0.141 e. The van der Waals surface area contributed by atoms with Gasteiger partial charge in [0, 0.05) is 5.69 Å². The lowest BCUT2D eigenvalue weighted by Gasteiger charge is -2.19. The van der Waals surface area contributed by atoms with E-state index in [1.807, 2.05) is 0 Å². The fourth-order valence-corrected chi connectivity index (χ4v) is 2.06. The van der Waals surface area contributed by atoms with Crippen LogP contribution < -0.4 is 5.32 Å².